The Bertz CT molecular complexity index is 983. The monoisotopic (exact) mass is 360 g/mol. The molecule has 0 atom stereocenters. The van der Waals surface area contributed by atoms with E-state index in [-0.39, 0.29) is 19.4 Å². The van der Waals surface area contributed by atoms with Crippen molar-refractivity contribution < 1.29 is 13.6 Å². The molecule has 0 aliphatic heterocycles. The molecular formula is C17H18F2N6O. The topological polar surface area (TPSA) is 88.5 Å². The van der Waals surface area contributed by atoms with E-state index in [2.05, 4.69) is 25.6 Å². The lowest BCUT2D eigenvalue weighted by molar-refractivity contribution is -0.122. The quantitative estimate of drug-likeness (QED) is 0.732. The fraction of sp³-hybridized carbons (Fsp3) is 0.412. The van der Waals surface area contributed by atoms with E-state index in [1.807, 2.05) is 0 Å². The van der Waals surface area contributed by atoms with E-state index in [4.69, 9.17) is 0 Å². The minimum absolute atomic E-state index is 0.0941. The van der Waals surface area contributed by atoms with Crippen LogP contribution < -0.4 is 5.32 Å². The molecule has 4 rings (SSSR count). The van der Waals surface area contributed by atoms with Gasteiger partial charge in [-0.15, -0.1) is 0 Å². The van der Waals surface area contributed by atoms with E-state index in [0.717, 1.165) is 5.39 Å². The summed E-state index contributed by atoms with van der Waals surface area (Å²) < 4.78 is 29.5. The first-order valence-electron chi connectivity index (χ1n) is 8.30. The summed E-state index contributed by atoms with van der Waals surface area (Å²) in [5.74, 6) is -0.676. The molecule has 26 heavy (non-hydrogen) atoms. The molecule has 1 amide bonds. The molecule has 3 aromatic heterocycles. The first-order chi connectivity index (χ1) is 12.3. The normalized spacial score (nSPS) is 16.0. The van der Waals surface area contributed by atoms with Crippen molar-refractivity contribution in [1.29, 1.82) is 0 Å². The summed E-state index contributed by atoms with van der Waals surface area (Å²) in [6.07, 6.45) is 5.10. The Hall–Kier alpha value is -2.84. The molecule has 9 heteroatoms. The molecule has 0 aromatic carbocycles. The summed E-state index contributed by atoms with van der Waals surface area (Å²) in [4.78, 5) is 16.3. The number of carbonyl (C=O) groups is 1. The van der Waals surface area contributed by atoms with Crippen LogP contribution in [0.3, 0.4) is 0 Å². The van der Waals surface area contributed by atoms with Crippen molar-refractivity contribution in [2.45, 2.75) is 44.6 Å². The van der Waals surface area contributed by atoms with Crippen molar-refractivity contribution in [3.8, 4) is 11.4 Å². The Balaban J connectivity index is 1.68. The van der Waals surface area contributed by atoms with Crippen LogP contribution >= 0.6 is 0 Å². The van der Waals surface area contributed by atoms with Crippen LogP contribution in [0.5, 0.6) is 0 Å². The van der Waals surface area contributed by atoms with Gasteiger partial charge in [-0.25, -0.2) is 8.78 Å². The predicted octanol–water partition coefficient (Wildman–Crippen LogP) is 3.01. The fourth-order valence-electron chi connectivity index (χ4n) is 2.74. The molecule has 0 unspecified atom stereocenters. The first-order valence-corrected chi connectivity index (χ1v) is 8.30. The first kappa shape index (κ1) is 16.6. The van der Waals surface area contributed by atoms with Crippen LogP contribution in [0, 0.1) is 0 Å². The second-order valence-electron chi connectivity index (χ2n) is 7.23. The highest BCUT2D eigenvalue weighted by Crippen LogP contribution is 2.41. The van der Waals surface area contributed by atoms with Gasteiger partial charge >= 0.3 is 0 Å². The zero-order valence-corrected chi connectivity index (χ0v) is 14.4. The summed E-state index contributed by atoms with van der Waals surface area (Å²) in [7, 11) is 0. The number of carbonyl (C=O) groups excluding carboxylic acids is 1. The number of halogens is 2. The van der Waals surface area contributed by atoms with Gasteiger partial charge in [0.25, 0.3) is 5.91 Å². The molecular weight excluding hydrogens is 342 g/mol. The molecule has 0 bridgehead atoms. The van der Waals surface area contributed by atoms with Crippen molar-refractivity contribution in [3.63, 3.8) is 0 Å². The lowest BCUT2D eigenvalue weighted by atomic mass is 10.1. The van der Waals surface area contributed by atoms with Gasteiger partial charge in [-0.1, -0.05) is 0 Å². The van der Waals surface area contributed by atoms with Gasteiger partial charge in [-0.3, -0.25) is 19.6 Å². The number of pyridine rings is 1. The van der Waals surface area contributed by atoms with Crippen molar-refractivity contribution in [1.82, 2.24) is 25.0 Å². The molecule has 7 nitrogen and oxygen atoms in total. The van der Waals surface area contributed by atoms with Gasteiger partial charge in [0.05, 0.1) is 35.8 Å². The SMILES string of the molecule is CC(C)(F)Cn1ncc2cnc(-c3[nH]ncc3NC(=O)C3(F)CC3)cc21. The molecule has 1 saturated carbocycles. The van der Waals surface area contributed by atoms with Gasteiger partial charge in [0.15, 0.2) is 5.67 Å². The van der Waals surface area contributed by atoms with Crippen LogP contribution in [-0.4, -0.2) is 42.2 Å². The van der Waals surface area contributed by atoms with Gasteiger partial charge in [0.2, 0.25) is 0 Å². The lowest BCUT2D eigenvalue weighted by Gasteiger charge is -2.14. The number of alkyl halides is 2. The van der Waals surface area contributed by atoms with Crippen LogP contribution in [0.1, 0.15) is 26.7 Å². The third-order valence-electron chi connectivity index (χ3n) is 4.29. The largest absolute Gasteiger partial charge is 0.320 e. The van der Waals surface area contributed by atoms with Crippen molar-refractivity contribution in [2.75, 3.05) is 5.32 Å². The highest BCUT2D eigenvalue weighted by Gasteiger charge is 2.51. The number of nitrogens with zero attached hydrogens (tertiary/aromatic N) is 4. The van der Waals surface area contributed by atoms with Gasteiger partial charge in [-0.05, 0) is 32.8 Å². The molecule has 1 aliphatic rings. The van der Waals surface area contributed by atoms with Crippen LogP contribution in [0.2, 0.25) is 0 Å². The maximum atomic E-state index is 14.0. The molecule has 0 saturated heterocycles. The van der Waals surface area contributed by atoms with E-state index >= 15 is 0 Å². The molecule has 0 radical (unpaired) electrons. The van der Waals surface area contributed by atoms with E-state index in [0.29, 0.717) is 22.6 Å². The third-order valence-corrected chi connectivity index (χ3v) is 4.29. The molecule has 1 aliphatic carbocycles. The minimum Gasteiger partial charge on any atom is -0.320 e. The van der Waals surface area contributed by atoms with Gasteiger partial charge < -0.3 is 5.32 Å². The molecule has 2 N–H and O–H groups in total. The average Bonchev–Trinajstić information content (AvgIpc) is 3.00. The number of hydrogen-bond acceptors (Lipinski definition) is 4. The highest BCUT2D eigenvalue weighted by molar-refractivity contribution is 6.01. The Morgan fingerprint density at radius 1 is 1.38 bits per heavy atom. The van der Waals surface area contributed by atoms with Crippen LogP contribution in [0.4, 0.5) is 14.5 Å². The maximum absolute atomic E-state index is 14.0. The van der Waals surface area contributed by atoms with Crippen molar-refractivity contribution >= 4 is 22.5 Å². The Kier molecular flexibility index (Phi) is 3.57. The highest BCUT2D eigenvalue weighted by atomic mass is 19.1. The predicted molar refractivity (Wildman–Crippen MR) is 92.0 cm³/mol. The maximum Gasteiger partial charge on any atom is 0.262 e. The molecule has 136 valence electrons. The number of H-pyrrole nitrogens is 1. The summed E-state index contributed by atoms with van der Waals surface area (Å²) >= 11 is 0. The fourth-order valence-corrected chi connectivity index (χ4v) is 2.74. The molecule has 3 heterocycles. The molecule has 1 fully saturated rings. The number of hydrogen-bond donors (Lipinski definition) is 2. The number of amides is 1. The zero-order valence-electron chi connectivity index (χ0n) is 14.4. The second-order valence-corrected chi connectivity index (χ2v) is 7.23. The standard InChI is InChI=1S/C17H18F2N6O/c1-16(2,18)9-25-13-5-11(20-6-10(13)7-22-25)14-12(8-21-24-14)23-15(26)17(19)3-4-17/h5-8H,3-4,9H2,1-2H3,(H,21,24)(H,23,26). The van der Waals surface area contributed by atoms with E-state index in [1.54, 1.807) is 23.1 Å². The Morgan fingerprint density at radius 2 is 2.15 bits per heavy atom. The number of aromatic amines is 1. The summed E-state index contributed by atoms with van der Waals surface area (Å²) in [6.45, 7) is 3.06. The Morgan fingerprint density at radius 3 is 2.85 bits per heavy atom. The molecule has 0 spiro atoms. The van der Waals surface area contributed by atoms with E-state index in [9.17, 15) is 13.6 Å². The van der Waals surface area contributed by atoms with Crippen molar-refractivity contribution in [2.24, 2.45) is 0 Å². The van der Waals surface area contributed by atoms with Crippen molar-refractivity contribution in [3.05, 3.63) is 24.7 Å². The van der Waals surface area contributed by atoms with E-state index in [1.165, 1.54) is 20.0 Å². The van der Waals surface area contributed by atoms with Crippen LogP contribution in [0.15, 0.2) is 24.7 Å². The third kappa shape index (κ3) is 3.04. The zero-order chi connectivity index (χ0) is 18.5. The summed E-state index contributed by atoms with van der Waals surface area (Å²) in [5, 5.41) is 14.2. The van der Waals surface area contributed by atoms with Gasteiger partial charge in [-0.2, -0.15) is 10.2 Å². The van der Waals surface area contributed by atoms with Crippen LogP contribution in [0.25, 0.3) is 22.3 Å². The number of anilines is 1. The summed E-state index contributed by atoms with van der Waals surface area (Å²) in [6, 6.07) is 1.74. The van der Waals surface area contributed by atoms with Gasteiger partial charge in [0.1, 0.15) is 11.4 Å². The Labute approximate surface area is 147 Å². The van der Waals surface area contributed by atoms with E-state index < -0.39 is 17.2 Å². The average molecular weight is 360 g/mol. The lowest BCUT2D eigenvalue weighted by Crippen LogP contribution is -2.25. The minimum atomic E-state index is -1.78. The number of aromatic nitrogens is 5. The molecule has 3 aromatic rings. The van der Waals surface area contributed by atoms with Gasteiger partial charge in [0, 0.05) is 11.6 Å². The second kappa shape index (κ2) is 5.58. The number of fused-ring (bicyclic) bond motifs is 1. The smallest absolute Gasteiger partial charge is 0.262 e. The number of rotatable bonds is 5. The van der Waals surface area contributed by atoms with Crippen LogP contribution in [-0.2, 0) is 11.3 Å². The summed E-state index contributed by atoms with van der Waals surface area (Å²) in [5.41, 5.74) is -1.20. The number of nitrogens with one attached hydrogen (secondary N) is 2.